The first kappa shape index (κ1) is 27.8. The number of fused-ring (bicyclic) bond motifs is 4. The SMILES string of the molecule is CCCON=C(C)C1=C(O)C=C2Oc3c(C(=O)NCc4c(C)ccc5ccccc45)c(OC)cc(O)c3[C@]2(C)C1=O. The number of nitrogens with zero attached hydrogens (tertiary/aromatic N) is 1. The van der Waals surface area contributed by atoms with E-state index in [0.717, 1.165) is 28.3 Å². The lowest BCUT2D eigenvalue weighted by atomic mass is 9.71. The van der Waals surface area contributed by atoms with Gasteiger partial charge in [-0.05, 0) is 49.1 Å². The largest absolute Gasteiger partial charge is 0.507 e. The highest BCUT2D eigenvalue weighted by Gasteiger charge is 2.55. The molecular weight excluding hydrogens is 524 g/mol. The van der Waals surface area contributed by atoms with Gasteiger partial charge in [0.15, 0.2) is 11.5 Å². The number of phenols is 1. The van der Waals surface area contributed by atoms with Crippen molar-refractivity contribution in [3.63, 3.8) is 0 Å². The molecule has 0 aromatic heterocycles. The van der Waals surface area contributed by atoms with Crippen LogP contribution in [0.25, 0.3) is 10.8 Å². The molecule has 5 rings (SSSR count). The zero-order chi connectivity index (χ0) is 29.5. The topological polar surface area (TPSA) is 127 Å². The molecule has 0 radical (unpaired) electrons. The third-order valence-corrected chi connectivity index (χ3v) is 7.64. The molecule has 1 amide bonds. The Morgan fingerprint density at radius 1 is 1.17 bits per heavy atom. The number of aliphatic hydroxyl groups excluding tert-OH is 1. The Kier molecular flexibility index (Phi) is 7.21. The van der Waals surface area contributed by atoms with E-state index in [4.69, 9.17) is 14.3 Å². The van der Waals surface area contributed by atoms with Gasteiger partial charge in [0.05, 0.1) is 24.0 Å². The number of allylic oxidation sites excluding steroid dienone is 3. The molecule has 1 heterocycles. The van der Waals surface area contributed by atoms with E-state index in [1.165, 1.54) is 19.3 Å². The van der Waals surface area contributed by atoms with E-state index in [0.29, 0.717) is 6.61 Å². The van der Waals surface area contributed by atoms with Crippen molar-refractivity contribution in [2.45, 2.75) is 46.1 Å². The summed E-state index contributed by atoms with van der Waals surface area (Å²) in [4.78, 5) is 32.9. The molecule has 1 atom stereocenters. The van der Waals surface area contributed by atoms with E-state index >= 15 is 0 Å². The number of methoxy groups -OCH3 is 1. The van der Waals surface area contributed by atoms with Crippen molar-refractivity contribution in [1.29, 1.82) is 0 Å². The van der Waals surface area contributed by atoms with Crippen LogP contribution in [-0.4, -0.2) is 41.3 Å². The van der Waals surface area contributed by atoms with Crippen LogP contribution >= 0.6 is 0 Å². The van der Waals surface area contributed by atoms with Crippen LogP contribution in [-0.2, 0) is 21.6 Å². The van der Waals surface area contributed by atoms with Crippen molar-refractivity contribution in [2.24, 2.45) is 5.16 Å². The van der Waals surface area contributed by atoms with Gasteiger partial charge in [-0.2, -0.15) is 0 Å². The fraction of sp³-hybridized carbons (Fsp3) is 0.281. The maximum atomic E-state index is 13.9. The van der Waals surface area contributed by atoms with E-state index in [1.54, 1.807) is 13.8 Å². The lowest BCUT2D eigenvalue weighted by Gasteiger charge is -2.28. The average molecular weight is 557 g/mol. The molecule has 212 valence electrons. The molecule has 0 unspecified atom stereocenters. The van der Waals surface area contributed by atoms with Crippen LogP contribution in [0.4, 0.5) is 0 Å². The van der Waals surface area contributed by atoms with Gasteiger partial charge in [0.25, 0.3) is 5.91 Å². The minimum absolute atomic E-state index is 0.0121. The van der Waals surface area contributed by atoms with Gasteiger partial charge in [0.2, 0.25) is 0 Å². The Balaban J connectivity index is 1.55. The Hall–Kier alpha value is -4.79. The highest BCUT2D eigenvalue weighted by molar-refractivity contribution is 6.27. The summed E-state index contributed by atoms with van der Waals surface area (Å²) >= 11 is 0. The predicted octanol–water partition coefficient (Wildman–Crippen LogP) is 5.52. The summed E-state index contributed by atoms with van der Waals surface area (Å²) in [6.45, 7) is 7.61. The van der Waals surface area contributed by atoms with Crippen LogP contribution < -0.4 is 14.8 Å². The molecular formula is C32H32N2O7. The van der Waals surface area contributed by atoms with Crippen molar-refractivity contribution < 1.29 is 34.1 Å². The summed E-state index contributed by atoms with van der Waals surface area (Å²) in [5, 5.41) is 30.9. The van der Waals surface area contributed by atoms with Crippen molar-refractivity contribution in [3.05, 3.63) is 87.9 Å². The van der Waals surface area contributed by atoms with Crippen LogP contribution in [0, 0.1) is 6.92 Å². The molecule has 0 saturated heterocycles. The van der Waals surface area contributed by atoms with Gasteiger partial charge >= 0.3 is 0 Å². The van der Waals surface area contributed by atoms with Gasteiger partial charge < -0.3 is 29.8 Å². The van der Waals surface area contributed by atoms with Gasteiger partial charge in [-0.1, -0.05) is 48.5 Å². The first-order chi connectivity index (χ1) is 19.6. The Labute approximate surface area is 237 Å². The molecule has 9 heteroatoms. The predicted molar refractivity (Wildman–Crippen MR) is 155 cm³/mol. The summed E-state index contributed by atoms with van der Waals surface area (Å²) < 4.78 is 11.5. The number of nitrogens with one attached hydrogen (secondary N) is 1. The van der Waals surface area contributed by atoms with Gasteiger partial charge in [-0.15, -0.1) is 0 Å². The summed E-state index contributed by atoms with van der Waals surface area (Å²) in [5.74, 6) is -1.55. The number of hydrogen-bond donors (Lipinski definition) is 3. The number of amides is 1. The minimum Gasteiger partial charge on any atom is -0.507 e. The Bertz CT molecular complexity index is 1690. The smallest absolute Gasteiger partial charge is 0.259 e. The zero-order valence-corrected chi connectivity index (χ0v) is 23.6. The van der Waals surface area contributed by atoms with Crippen LogP contribution in [0.15, 0.2) is 70.8 Å². The molecule has 3 aromatic carbocycles. The Morgan fingerprint density at radius 2 is 1.93 bits per heavy atom. The van der Waals surface area contributed by atoms with E-state index in [2.05, 4.69) is 10.5 Å². The van der Waals surface area contributed by atoms with Crippen LogP contribution in [0.1, 0.15) is 54.2 Å². The second-order valence-corrected chi connectivity index (χ2v) is 10.3. The van der Waals surface area contributed by atoms with E-state index in [1.807, 2.05) is 50.2 Å². The third kappa shape index (κ3) is 4.47. The van der Waals surface area contributed by atoms with E-state index in [-0.39, 0.29) is 57.7 Å². The number of benzene rings is 3. The number of aromatic hydroxyl groups is 1. The van der Waals surface area contributed by atoms with Crippen molar-refractivity contribution in [1.82, 2.24) is 5.32 Å². The molecule has 1 aliphatic heterocycles. The van der Waals surface area contributed by atoms with Crippen LogP contribution in [0.5, 0.6) is 17.2 Å². The lowest BCUT2D eigenvalue weighted by molar-refractivity contribution is -0.119. The number of aliphatic hydroxyl groups is 1. The molecule has 3 aromatic rings. The quantitative estimate of drug-likeness (QED) is 0.189. The fourth-order valence-corrected chi connectivity index (χ4v) is 5.45. The normalized spacial score (nSPS) is 18.0. The summed E-state index contributed by atoms with van der Waals surface area (Å²) in [6, 6.07) is 13.3. The highest BCUT2D eigenvalue weighted by atomic mass is 16.6. The number of phenolic OH excluding ortho intramolecular Hbond substituents is 1. The first-order valence-electron chi connectivity index (χ1n) is 13.4. The number of aryl methyl sites for hydroxylation is 1. The molecule has 0 spiro atoms. The fourth-order valence-electron chi connectivity index (χ4n) is 5.45. The van der Waals surface area contributed by atoms with Gasteiger partial charge in [0, 0.05) is 18.7 Å². The third-order valence-electron chi connectivity index (χ3n) is 7.64. The van der Waals surface area contributed by atoms with Crippen LogP contribution in [0.3, 0.4) is 0 Å². The highest BCUT2D eigenvalue weighted by Crippen LogP contribution is 2.56. The Morgan fingerprint density at radius 3 is 2.66 bits per heavy atom. The number of hydrogen-bond acceptors (Lipinski definition) is 8. The zero-order valence-electron chi connectivity index (χ0n) is 23.6. The minimum atomic E-state index is -1.53. The molecule has 0 bridgehead atoms. The maximum Gasteiger partial charge on any atom is 0.259 e. The monoisotopic (exact) mass is 556 g/mol. The maximum absolute atomic E-state index is 13.9. The second kappa shape index (κ2) is 10.6. The number of carbonyl (C=O) groups is 2. The number of rotatable bonds is 8. The number of carbonyl (C=O) groups excluding carboxylic acids is 2. The second-order valence-electron chi connectivity index (χ2n) is 10.3. The van der Waals surface area contributed by atoms with E-state index < -0.39 is 17.1 Å². The summed E-state index contributed by atoms with van der Waals surface area (Å²) in [7, 11) is 1.38. The van der Waals surface area contributed by atoms with Crippen molar-refractivity contribution in [2.75, 3.05) is 13.7 Å². The number of ketones is 1. The number of Topliss-reactive ketones (excluding diaryl/α,β-unsaturated/α-hetero) is 1. The number of ether oxygens (including phenoxy) is 2. The van der Waals surface area contributed by atoms with Gasteiger partial charge in [0.1, 0.15) is 40.6 Å². The standard InChI is InChI=1S/C32H32N2O7/c1-6-13-40-34-18(3)26-22(35)15-25-32(4,30(26)37)28-23(36)14-24(39-5)27(29(28)41-25)31(38)33-16-21-17(2)11-12-19-9-7-8-10-20(19)21/h7-12,14-15,35-36H,6,13,16H2,1-5H3,(H,33,38)/t32-/m1/s1. The van der Waals surface area contributed by atoms with Crippen molar-refractivity contribution >= 4 is 28.2 Å². The average Bonchev–Trinajstić information content (AvgIpc) is 3.25. The molecule has 0 fully saturated rings. The molecule has 2 aliphatic rings. The molecule has 0 saturated carbocycles. The van der Waals surface area contributed by atoms with Gasteiger partial charge in [-0.3, -0.25) is 9.59 Å². The summed E-state index contributed by atoms with van der Waals surface area (Å²) in [5.41, 5.74) is 0.707. The first-order valence-corrected chi connectivity index (χ1v) is 13.4. The molecule has 3 N–H and O–H groups in total. The molecule has 1 aliphatic carbocycles. The van der Waals surface area contributed by atoms with E-state index in [9.17, 15) is 19.8 Å². The molecule has 9 nitrogen and oxygen atoms in total. The van der Waals surface area contributed by atoms with Crippen LogP contribution in [0.2, 0.25) is 0 Å². The number of oxime groups is 1. The van der Waals surface area contributed by atoms with Gasteiger partial charge in [-0.25, -0.2) is 0 Å². The van der Waals surface area contributed by atoms with Crippen molar-refractivity contribution in [3.8, 4) is 17.2 Å². The lowest BCUT2D eigenvalue weighted by Crippen LogP contribution is -2.38. The summed E-state index contributed by atoms with van der Waals surface area (Å²) in [6.07, 6.45) is 2.03. The molecule has 41 heavy (non-hydrogen) atoms.